The van der Waals surface area contributed by atoms with Gasteiger partial charge in [0.2, 0.25) is 0 Å². The zero-order valence-corrected chi connectivity index (χ0v) is 13.3. The number of hydrogen-bond donors (Lipinski definition) is 2. The fourth-order valence-electron chi connectivity index (χ4n) is 2.84. The zero-order chi connectivity index (χ0) is 17.1. The number of carboxylic acids is 1. The van der Waals surface area contributed by atoms with Crippen molar-refractivity contribution in [3.8, 4) is 5.75 Å². The van der Waals surface area contributed by atoms with Crippen LogP contribution in [0.15, 0.2) is 36.5 Å². The molecule has 24 heavy (non-hydrogen) atoms. The number of carboxylic acid groups (broad SMARTS) is 1. The molecule has 0 fully saturated rings. The normalized spacial score (nSPS) is 16.0. The van der Waals surface area contributed by atoms with Crippen molar-refractivity contribution in [1.82, 2.24) is 10.3 Å². The molecule has 1 aliphatic heterocycles. The second-order valence-corrected chi connectivity index (χ2v) is 5.59. The molecule has 2 heterocycles. The molecule has 1 amide bonds. The van der Waals surface area contributed by atoms with Gasteiger partial charge in [-0.05, 0) is 24.1 Å². The molecule has 6 nitrogen and oxygen atoms in total. The lowest BCUT2D eigenvalue weighted by atomic mass is 9.96. The van der Waals surface area contributed by atoms with E-state index < -0.39 is 11.9 Å². The van der Waals surface area contributed by atoms with Crippen molar-refractivity contribution in [2.45, 2.75) is 25.8 Å². The highest BCUT2D eigenvalue weighted by Crippen LogP contribution is 2.35. The van der Waals surface area contributed by atoms with Crippen LogP contribution in [0, 0.1) is 0 Å². The van der Waals surface area contributed by atoms with E-state index in [2.05, 4.69) is 17.2 Å². The fourth-order valence-corrected chi connectivity index (χ4v) is 2.84. The fraction of sp³-hybridized carbons (Fsp3) is 0.278. The van der Waals surface area contributed by atoms with Gasteiger partial charge in [-0.2, -0.15) is 0 Å². The lowest BCUT2D eigenvalue weighted by Gasteiger charge is -2.28. The Balaban J connectivity index is 1.84. The van der Waals surface area contributed by atoms with Crippen LogP contribution < -0.4 is 10.1 Å². The van der Waals surface area contributed by atoms with E-state index >= 15 is 0 Å². The lowest BCUT2D eigenvalue weighted by Crippen LogP contribution is -2.33. The summed E-state index contributed by atoms with van der Waals surface area (Å²) in [4.78, 5) is 27.4. The van der Waals surface area contributed by atoms with Crippen LogP contribution in [0.5, 0.6) is 5.75 Å². The van der Waals surface area contributed by atoms with Crippen LogP contribution in [0.3, 0.4) is 0 Å². The number of benzene rings is 1. The summed E-state index contributed by atoms with van der Waals surface area (Å²) in [6, 6.07) is 8.37. The highest BCUT2D eigenvalue weighted by Gasteiger charge is 2.25. The molecule has 0 bridgehead atoms. The molecule has 6 heteroatoms. The smallest absolute Gasteiger partial charge is 0.335 e. The number of fused-ring (bicyclic) bond motifs is 1. The highest BCUT2D eigenvalue weighted by molar-refractivity contribution is 5.96. The first-order valence-corrected chi connectivity index (χ1v) is 7.85. The van der Waals surface area contributed by atoms with E-state index in [1.807, 2.05) is 18.2 Å². The second kappa shape index (κ2) is 6.70. The minimum absolute atomic E-state index is 0.0378. The largest absolute Gasteiger partial charge is 0.493 e. The molecule has 2 N–H and O–H groups in total. The Morgan fingerprint density at radius 2 is 2.21 bits per heavy atom. The van der Waals surface area contributed by atoms with Crippen molar-refractivity contribution in [2.24, 2.45) is 0 Å². The number of amides is 1. The molecule has 3 rings (SSSR count). The third-order valence-electron chi connectivity index (χ3n) is 4.08. The van der Waals surface area contributed by atoms with Gasteiger partial charge in [0, 0.05) is 18.2 Å². The maximum absolute atomic E-state index is 12.4. The Morgan fingerprint density at radius 3 is 2.96 bits per heavy atom. The van der Waals surface area contributed by atoms with E-state index in [-0.39, 0.29) is 17.3 Å². The average molecular weight is 326 g/mol. The second-order valence-electron chi connectivity index (χ2n) is 5.59. The molecule has 0 saturated heterocycles. The monoisotopic (exact) mass is 326 g/mol. The lowest BCUT2D eigenvalue weighted by molar-refractivity contribution is 0.0696. The first kappa shape index (κ1) is 16.0. The molecule has 1 unspecified atom stereocenters. The minimum Gasteiger partial charge on any atom is -0.493 e. The molecule has 0 aliphatic carbocycles. The molecule has 1 atom stereocenters. The molecule has 1 aromatic heterocycles. The topological polar surface area (TPSA) is 88.5 Å². The SMILES string of the molecule is CCc1cccc2c1OCCC2NC(=O)c1cc(C(=O)O)ccn1. The van der Waals surface area contributed by atoms with E-state index in [0.29, 0.717) is 13.0 Å². The third kappa shape index (κ3) is 3.08. The predicted molar refractivity (Wildman–Crippen MR) is 87.3 cm³/mol. The number of aryl methyl sites for hydroxylation is 1. The predicted octanol–water partition coefficient (Wildman–Crippen LogP) is 2.60. The van der Waals surface area contributed by atoms with Crippen LogP contribution in [-0.2, 0) is 6.42 Å². The minimum atomic E-state index is -1.09. The molecular formula is C18H18N2O4. The molecule has 0 saturated carbocycles. The van der Waals surface area contributed by atoms with Gasteiger partial charge in [-0.3, -0.25) is 9.78 Å². The Kier molecular flexibility index (Phi) is 4.46. The van der Waals surface area contributed by atoms with Crippen molar-refractivity contribution in [3.63, 3.8) is 0 Å². The summed E-state index contributed by atoms with van der Waals surface area (Å²) >= 11 is 0. The van der Waals surface area contributed by atoms with Gasteiger partial charge in [0.05, 0.1) is 18.2 Å². The van der Waals surface area contributed by atoms with E-state index in [1.165, 1.54) is 18.3 Å². The van der Waals surface area contributed by atoms with E-state index in [9.17, 15) is 9.59 Å². The van der Waals surface area contributed by atoms with Crippen LogP contribution in [-0.4, -0.2) is 28.6 Å². The summed E-state index contributed by atoms with van der Waals surface area (Å²) in [6.07, 6.45) is 2.84. The molecule has 0 radical (unpaired) electrons. The van der Waals surface area contributed by atoms with Crippen molar-refractivity contribution in [2.75, 3.05) is 6.61 Å². The molecular weight excluding hydrogens is 308 g/mol. The first-order valence-electron chi connectivity index (χ1n) is 7.85. The van der Waals surface area contributed by atoms with Crippen LogP contribution in [0.2, 0.25) is 0 Å². The van der Waals surface area contributed by atoms with Gasteiger partial charge in [0.25, 0.3) is 5.91 Å². The standard InChI is InChI=1S/C18H18N2O4/c1-2-11-4-3-5-13-14(7-9-24-16(11)13)20-17(21)15-10-12(18(22)23)6-8-19-15/h3-6,8,10,14H,2,7,9H2,1H3,(H,20,21)(H,22,23). The number of carbonyl (C=O) groups is 2. The summed E-state index contributed by atoms with van der Waals surface area (Å²) in [5.41, 5.74) is 2.19. The highest BCUT2D eigenvalue weighted by atomic mass is 16.5. The summed E-state index contributed by atoms with van der Waals surface area (Å²) < 4.78 is 5.77. The van der Waals surface area contributed by atoms with Crippen molar-refractivity contribution in [3.05, 3.63) is 58.9 Å². The zero-order valence-electron chi connectivity index (χ0n) is 13.3. The molecule has 1 aromatic carbocycles. The van der Waals surface area contributed by atoms with E-state index in [4.69, 9.17) is 9.84 Å². The Hall–Kier alpha value is -2.89. The van der Waals surface area contributed by atoms with Gasteiger partial charge in [0.15, 0.2) is 0 Å². The number of aromatic carboxylic acids is 1. The van der Waals surface area contributed by atoms with Crippen LogP contribution in [0.4, 0.5) is 0 Å². The average Bonchev–Trinajstić information content (AvgIpc) is 2.61. The Labute approximate surface area is 139 Å². The Bertz CT molecular complexity index is 788. The summed E-state index contributed by atoms with van der Waals surface area (Å²) in [5, 5.41) is 12.0. The van der Waals surface area contributed by atoms with Crippen LogP contribution in [0.1, 0.15) is 51.4 Å². The quantitative estimate of drug-likeness (QED) is 0.901. The Morgan fingerprint density at radius 1 is 1.38 bits per heavy atom. The molecule has 2 aromatic rings. The number of pyridine rings is 1. The number of aromatic nitrogens is 1. The number of hydrogen-bond acceptors (Lipinski definition) is 4. The first-order chi connectivity index (χ1) is 11.6. The maximum Gasteiger partial charge on any atom is 0.335 e. The number of carbonyl (C=O) groups excluding carboxylic acids is 1. The number of rotatable bonds is 4. The third-order valence-corrected chi connectivity index (χ3v) is 4.08. The summed E-state index contributed by atoms with van der Waals surface area (Å²) in [7, 11) is 0. The van der Waals surface area contributed by atoms with Gasteiger partial charge < -0.3 is 15.2 Å². The van der Waals surface area contributed by atoms with Crippen LogP contribution in [0.25, 0.3) is 0 Å². The summed E-state index contributed by atoms with van der Waals surface area (Å²) in [6.45, 7) is 2.58. The van der Waals surface area contributed by atoms with E-state index in [1.54, 1.807) is 0 Å². The van der Waals surface area contributed by atoms with Gasteiger partial charge in [0.1, 0.15) is 11.4 Å². The van der Waals surface area contributed by atoms with Gasteiger partial charge in [-0.25, -0.2) is 4.79 Å². The number of ether oxygens (including phenoxy) is 1. The molecule has 1 aliphatic rings. The van der Waals surface area contributed by atoms with Gasteiger partial charge >= 0.3 is 5.97 Å². The number of para-hydroxylation sites is 1. The number of nitrogens with one attached hydrogen (secondary N) is 1. The van der Waals surface area contributed by atoms with E-state index in [0.717, 1.165) is 23.3 Å². The molecule has 124 valence electrons. The van der Waals surface area contributed by atoms with Crippen molar-refractivity contribution in [1.29, 1.82) is 0 Å². The van der Waals surface area contributed by atoms with Crippen molar-refractivity contribution >= 4 is 11.9 Å². The van der Waals surface area contributed by atoms with Gasteiger partial charge in [-0.15, -0.1) is 0 Å². The van der Waals surface area contributed by atoms with Crippen LogP contribution >= 0.6 is 0 Å². The number of nitrogens with zero attached hydrogens (tertiary/aromatic N) is 1. The molecule has 0 spiro atoms. The summed E-state index contributed by atoms with van der Waals surface area (Å²) in [5.74, 6) is -0.642. The van der Waals surface area contributed by atoms with Crippen molar-refractivity contribution < 1.29 is 19.4 Å². The van der Waals surface area contributed by atoms with Gasteiger partial charge in [-0.1, -0.05) is 25.1 Å². The maximum atomic E-state index is 12.4.